The molecule has 2 aromatic heterocycles. The number of aryl methyl sites for hydroxylation is 1. The number of amides is 1. The second-order valence-electron chi connectivity index (χ2n) is 7.21. The van der Waals surface area contributed by atoms with Crippen molar-refractivity contribution in [1.29, 1.82) is 0 Å². The van der Waals surface area contributed by atoms with E-state index in [0.29, 0.717) is 31.9 Å². The highest BCUT2D eigenvalue weighted by atomic mass is 16.6. The molecule has 6 nitrogen and oxygen atoms in total. The Bertz CT molecular complexity index is 751. The zero-order chi connectivity index (χ0) is 18.0. The second-order valence-corrected chi connectivity index (χ2v) is 7.21. The number of hydrogen-bond donors (Lipinski definition) is 0. The summed E-state index contributed by atoms with van der Waals surface area (Å²) in [5.41, 5.74) is 2.41. The predicted octanol–water partition coefficient (Wildman–Crippen LogP) is 2.96. The van der Waals surface area contributed by atoms with Gasteiger partial charge in [0.05, 0.1) is 42.4 Å². The first kappa shape index (κ1) is 17.2. The van der Waals surface area contributed by atoms with E-state index in [-0.39, 0.29) is 17.6 Å². The molecule has 1 unspecified atom stereocenters. The number of hydrogen-bond acceptors (Lipinski definition) is 5. The maximum Gasteiger partial charge on any atom is 0.257 e. The molecule has 1 atom stereocenters. The molecule has 0 saturated carbocycles. The summed E-state index contributed by atoms with van der Waals surface area (Å²) in [6.07, 6.45) is 5.70. The maximum absolute atomic E-state index is 12.4. The molecule has 4 rings (SSSR count). The monoisotopic (exact) mass is 356 g/mol. The van der Waals surface area contributed by atoms with Crippen molar-refractivity contribution in [3.63, 3.8) is 0 Å². The first-order valence-electron chi connectivity index (χ1n) is 9.13. The van der Waals surface area contributed by atoms with E-state index in [2.05, 4.69) is 4.98 Å². The van der Waals surface area contributed by atoms with Crippen molar-refractivity contribution in [2.24, 2.45) is 0 Å². The highest BCUT2D eigenvalue weighted by Gasteiger charge is 2.44. The number of aromatic nitrogens is 1. The molecule has 0 aromatic carbocycles. The molecule has 2 aliphatic rings. The fourth-order valence-electron chi connectivity index (χ4n) is 3.83. The standard InChI is InChI=1S/C20H24N2O4/c1-15-3-2-4-17(21-15)13-25-18-11-20(26-14-18)6-8-22(9-7-20)19(23)16-5-10-24-12-16/h2-5,10,12,18H,6-9,11,13-14H2,1H3. The van der Waals surface area contributed by atoms with Gasteiger partial charge in [0.2, 0.25) is 0 Å². The van der Waals surface area contributed by atoms with E-state index in [1.165, 1.54) is 12.5 Å². The number of furan rings is 1. The van der Waals surface area contributed by atoms with Crippen LogP contribution in [0.3, 0.4) is 0 Å². The number of ether oxygens (including phenoxy) is 2. The number of rotatable bonds is 4. The number of likely N-dealkylation sites (tertiary alicyclic amines) is 1. The molecule has 1 amide bonds. The summed E-state index contributed by atoms with van der Waals surface area (Å²) in [5, 5.41) is 0. The van der Waals surface area contributed by atoms with Crippen LogP contribution < -0.4 is 0 Å². The first-order chi connectivity index (χ1) is 12.6. The highest BCUT2D eigenvalue weighted by Crippen LogP contribution is 2.37. The maximum atomic E-state index is 12.4. The van der Waals surface area contributed by atoms with Gasteiger partial charge < -0.3 is 18.8 Å². The van der Waals surface area contributed by atoms with Gasteiger partial charge in [-0.2, -0.15) is 0 Å². The Labute approximate surface area is 153 Å². The molecule has 0 aliphatic carbocycles. The van der Waals surface area contributed by atoms with E-state index < -0.39 is 0 Å². The number of carbonyl (C=O) groups is 1. The summed E-state index contributed by atoms with van der Waals surface area (Å²) in [6.45, 7) is 4.51. The van der Waals surface area contributed by atoms with Gasteiger partial charge >= 0.3 is 0 Å². The number of pyridine rings is 1. The molecule has 1 spiro atoms. The van der Waals surface area contributed by atoms with Gasteiger partial charge in [0.15, 0.2) is 0 Å². The van der Waals surface area contributed by atoms with Crippen LogP contribution in [0.4, 0.5) is 0 Å². The van der Waals surface area contributed by atoms with Crippen molar-refractivity contribution in [3.05, 3.63) is 53.7 Å². The van der Waals surface area contributed by atoms with Gasteiger partial charge in [0.25, 0.3) is 5.91 Å². The minimum atomic E-state index is -0.155. The van der Waals surface area contributed by atoms with Crippen molar-refractivity contribution >= 4 is 5.91 Å². The fourth-order valence-corrected chi connectivity index (χ4v) is 3.83. The summed E-state index contributed by atoms with van der Waals surface area (Å²) in [7, 11) is 0. The third kappa shape index (κ3) is 3.66. The van der Waals surface area contributed by atoms with Gasteiger partial charge in [-0.25, -0.2) is 0 Å². The Morgan fingerprint density at radius 3 is 2.92 bits per heavy atom. The van der Waals surface area contributed by atoms with Gasteiger partial charge in [-0.1, -0.05) is 6.07 Å². The summed E-state index contributed by atoms with van der Waals surface area (Å²) < 4.78 is 17.2. The molecule has 0 bridgehead atoms. The van der Waals surface area contributed by atoms with Gasteiger partial charge in [-0.15, -0.1) is 0 Å². The molecule has 2 fully saturated rings. The average molecular weight is 356 g/mol. The number of carbonyl (C=O) groups excluding carboxylic acids is 1. The zero-order valence-corrected chi connectivity index (χ0v) is 15.0. The van der Waals surface area contributed by atoms with Crippen molar-refractivity contribution in [2.45, 2.75) is 44.5 Å². The largest absolute Gasteiger partial charge is 0.472 e. The molecule has 4 heterocycles. The second kappa shape index (κ2) is 7.21. The van der Waals surface area contributed by atoms with E-state index in [0.717, 1.165) is 30.7 Å². The van der Waals surface area contributed by atoms with Gasteiger partial charge in [-0.3, -0.25) is 9.78 Å². The lowest BCUT2D eigenvalue weighted by molar-refractivity contribution is -0.0413. The smallest absolute Gasteiger partial charge is 0.257 e. The quantitative estimate of drug-likeness (QED) is 0.843. The topological polar surface area (TPSA) is 64.8 Å². The van der Waals surface area contributed by atoms with Crippen LogP contribution in [0.2, 0.25) is 0 Å². The van der Waals surface area contributed by atoms with E-state index in [4.69, 9.17) is 13.9 Å². The van der Waals surface area contributed by atoms with Crippen molar-refractivity contribution < 1.29 is 18.7 Å². The number of nitrogens with zero attached hydrogens (tertiary/aromatic N) is 2. The lowest BCUT2D eigenvalue weighted by Gasteiger charge is -2.38. The van der Waals surface area contributed by atoms with Gasteiger partial charge in [-0.05, 0) is 38.0 Å². The van der Waals surface area contributed by atoms with Crippen LogP contribution in [-0.4, -0.2) is 47.2 Å². The Kier molecular flexibility index (Phi) is 4.78. The molecule has 6 heteroatoms. The molecule has 0 radical (unpaired) electrons. The van der Waals surface area contributed by atoms with Crippen molar-refractivity contribution in [1.82, 2.24) is 9.88 Å². The van der Waals surface area contributed by atoms with Gasteiger partial charge in [0, 0.05) is 25.2 Å². The van der Waals surface area contributed by atoms with Crippen LogP contribution >= 0.6 is 0 Å². The van der Waals surface area contributed by atoms with E-state index in [9.17, 15) is 4.79 Å². The summed E-state index contributed by atoms with van der Waals surface area (Å²) in [6, 6.07) is 7.68. The van der Waals surface area contributed by atoms with Crippen LogP contribution in [0.25, 0.3) is 0 Å². The van der Waals surface area contributed by atoms with Crippen LogP contribution in [-0.2, 0) is 16.1 Å². The minimum Gasteiger partial charge on any atom is -0.472 e. The van der Waals surface area contributed by atoms with Crippen molar-refractivity contribution in [3.8, 4) is 0 Å². The van der Waals surface area contributed by atoms with Crippen molar-refractivity contribution in [2.75, 3.05) is 19.7 Å². The molecule has 26 heavy (non-hydrogen) atoms. The Morgan fingerprint density at radius 1 is 1.35 bits per heavy atom. The van der Waals surface area contributed by atoms with E-state index in [1.807, 2.05) is 30.0 Å². The third-order valence-corrected chi connectivity index (χ3v) is 5.32. The zero-order valence-electron chi connectivity index (χ0n) is 15.0. The molecular weight excluding hydrogens is 332 g/mol. The summed E-state index contributed by atoms with van der Waals surface area (Å²) in [5.74, 6) is 0.0323. The fraction of sp³-hybridized carbons (Fsp3) is 0.500. The molecule has 0 N–H and O–H groups in total. The summed E-state index contributed by atoms with van der Waals surface area (Å²) >= 11 is 0. The van der Waals surface area contributed by atoms with Gasteiger partial charge in [0.1, 0.15) is 6.26 Å². The molecule has 2 aromatic rings. The molecule has 138 valence electrons. The normalized spacial score (nSPS) is 22.0. The average Bonchev–Trinajstić information content (AvgIpc) is 3.31. The molecular formula is C20H24N2O4. The van der Waals surface area contributed by atoms with E-state index >= 15 is 0 Å². The Balaban J connectivity index is 1.28. The SMILES string of the molecule is Cc1cccc(COC2COC3(CCN(C(=O)c4ccoc4)CC3)C2)n1. The minimum absolute atomic E-state index is 0.0323. The first-order valence-corrected chi connectivity index (χ1v) is 9.13. The summed E-state index contributed by atoms with van der Waals surface area (Å²) in [4.78, 5) is 18.8. The van der Waals surface area contributed by atoms with Crippen LogP contribution in [0.15, 0.2) is 41.2 Å². The lowest BCUT2D eigenvalue weighted by atomic mass is 9.88. The lowest BCUT2D eigenvalue weighted by Crippen LogP contribution is -2.46. The Hall–Kier alpha value is -2.18. The highest BCUT2D eigenvalue weighted by molar-refractivity contribution is 5.93. The van der Waals surface area contributed by atoms with Crippen LogP contribution in [0.5, 0.6) is 0 Å². The third-order valence-electron chi connectivity index (χ3n) is 5.32. The predicted molar refractivity (Wildman–Crippen MR) is 94.7 cm³/mol. The number of piperidine rings is 1. The van der Waals surface area contributed by atoms with E-state index in [1.54, 1.807) is 6.07 Å². The van der Waals surface area contributed by atoms with Crippen LogP contribution in [0.1, 0.15) is 41.0 Å². The Morgan fingerprint density at radius 2 is 2.19 bits per heavy atom. The van der Waals surface area contributed by atoms with Crippen LogP contribution in [0, 0.1) is 6.92 Å². The molecule has 2 aliphatic heterocycles. The molecule has 2 saturated heterocycles.